The summed E-state index contributed by atoms with van der Waals surface area (Å²) in [4.78, 5) is 46.1. The van der Waals surface area contributed by atoms with Crippen molar-refractivity contribution in [2.75, 3.05) is 19.8 Å². The molecule has 24 heavy (non-hydrogen) atoms. The van der Waals surface area contributed by atoms with Crippen LogP contribution in [0.3, 0.4) is 0 Å². The molecular weight excluding hydrogens is 330 g/mol. The Morgan fingerprint density at radius 2 is 2.00 bits per heavy atom. The number of aliphatic imine (C=N–C) groups is 2. The van der Waals surface area contributed by atoms with Gasteiger partial charge in [0, 0.05) is 5.92 Å². The van der Waals surface area contributed by atoms with Gasteiger partial charge in [-0.2, -0.15) is 9.48 Å². The fourth-order valence-corrected chi connectivity index (χ4v) is 4.04. The van der Waals surface area contributed by atoms with E-state index in [4.69, 9.17) is 5.73 Å². The molecule has 1 atom stereocenters. The number of carbonyl (C=O) groups is 3. The smallest absolute Gasteiger partial charge is 0.369 e. The molecule has 1 aliphatic carbocycles. The van der Waals surface area contributed by atoms with E-state index >= 15 is 0 Å². The lowest BCUT2D eigenvalue weighted by Crippen LogP contribution is -2.55. The van der Waals surface area contributed by atoms with Crippen LogP contribution in [0.1, 0.15) is 25.7 Å². The topological polar surface area (TPSA) is 108 Å². The van der Waals surface area contributed by atoms with E-state index in [9.17, 15) is 14.4 Å². The van der Waals surface area contributed by atoms with Crippen LogP contribution in [0.2, 0.25) is 0 Å². The van der Waals surface area contributed by atoms with E-state index in [0.29, 0.717) is 16.7 Å². The molecule has 0 aromatic rings. The third-order valence-electron chi connectivity index (χ3n) is 4.54. The molecule has 2 heterocycles. The van der Waals surface area contributed by atoms with Gasteiger partial charge in [-0.15, -0.1) is 0 Å². The quantitative estimate of drug-likeness (QED) is 0.746. The first kappa shape index (κ1) is 16.8. The first-order valence-electron chi connectivity index (χ1n) is 7.90. The molecule has 0 spiro atoms. The van der Waals surface area contributed by atoms with Crippen molar-refractivity contribution in [2.45, 2.75) is 25.7 Å². The fourth-order valence-electron chi connectivity index (χ4n) is 3.22. The summed E-state index contributed by atoms with van der Waals surface area (Å²) < 4.78 is 1.39. The minimum atomic E-state index is -0.743. The number of primary amides is 1. The Labute approximate surface area is 143 Å². The maximum Gasteiger partial charge on any atom is 0.445 e. The average molecular weight is 350 g/mol. The van der Waals surface area contributed by atoms with Gasteiger partial charge in [0.15, 0.2) is 5.92 Å². The first-order chi connectivity index (χ1) is 11.4. The fraction of sp³-hybridized carbons (Fsp3) is 0.600. The summed E-state index contributed by atoms with van der Waals surface area (Å²) in [6.45, 7) is 0. The molecule has 1 unspecified atom stereocenters. The van der Waals surface area contributed by atoms with Gasteiger partial charge in [0.25, 0.3) is 5.84 Å². The molecule has 128 valence electrons. The molecule has 3 aliphatic rings. The summed E-state index contributed by atoms with van der Waals surface area (Å²) >= 11 is 1.15. The summed E-state index contributed by atoms with van der Waals surface area (Å²) in [6.07, 6.45) is 4.25. The Morgan fingerprint density at radius 1 is 1.33 bits per heavy atom. The van der Waals surface area contributed by atoms with Crippen LogP contribution in [0.15, 0.2) is 9.98 Å². The highest BCUT2D eigenvalue weighted by molar-refractivity contribution is 8.14. The van der Waals surface area contributed by atoms with E-state index < -0.39 is 17.9 Å². The summed E-state index contributed by atoms with van der Waals surface area (Å²) in [7, 11) is 3.04. The van der Waals surface area contributed by atoms with Gasteiger partial charge in [-0.3, -0.25) is 9.59 Å². The van der Waals surface area contributed by atoms with Crippen LogP contribution in [0.25, 0.3) is 0 Å². The number of carbonyl (C=O) groups excluding carboxylic acids is 3. The van der Waals surface area contributed by atoms with Gasteiger partial charge >= 0.3 is 11.9 Å². The van der Waals surface area contributed by atoms with Gasteiger partial charge in [0.05, 0.1) is 19.8 Å². The average Bonchev–Trinajstić information content (AvgIpc) is 3.09. The van der Waals surface area contributed by atoms with E-state index in [1.807, 2.05) is 0 Å². The molecule has 0 aromatic carbocycles. The molecule has 9 heteroatoms. The lowest BCUT2D eigenvalue weighted by atomic mass is 10.0. The van der Waals surface area contributed by atoms with Gasteiger partial charge in [-0.05, 0) is 12.8 Å². The number of imide groups is 1. The predicted molar refractivity (Wildman–Crippen MR) is 91.3 cm³/mol. The molecule has 2 N–H and O–H groups in total. The van der Waals surface area contributed by atoms with Crippen molar-refractivity contribution in [1.82, 2.24) is 4.90 Å². The van der Waals surface area contributed by atoms with Crippen LogP contribution in [-0.2, 0) is 9.59 Å². The van der Waals surface area contributed by atoms with Crippen LogP contribution in [0.4, 0.5) is 4.79 Å². The highest BCUT2D eigenvalue weighted by Gasteiger charge is 2.49. The van der Waals surface area contributed by atoms with Crippen molar-refractivity contribution in [1.29, 1.82) is 0 Å². The molecule has 0 aromatic heterocycles. The van der Waals surface area contributed by atoms with Crippen LogP contribution >= 0.6 is 11.8 Å². The lowest BCUT2D eigenvalue weighted by Gasteiger charge is -2.27. The van der Waals surface area contributed by atoms with E-state index in [2.05, 4.69) is 9.98 Å². The van der Waals surface area contributed by atoms with Crippen LogP contribution in [0.5, 0.6) is 0 Å². The summed E-state index contributed by atoms with van der Waals surface area (Å²) in [5.41, 5.74) is 5.23. The number of thioether (sulfide) groups is 1. The van der Waals surface area contributed by atoms with Gasteiger partial charge in [0.2, 0.25) is 11.7 Å². The molecule has 4 amide bonds. The number of hydrogen-bond donors (Lipinski definition) is 1. The number of nitrogens with two attached hydrogens (primary N) is 1. The maximum atomic E-state index is 12.6. The van der Waals surface area contributed by atoms with Gasteiger partial charge < -0.3 is 5.73 Å². The number of amidine groups is 2. The second kappa shape index (κ2) is 6.46. The zero-order valence-electron chi connectivity index (χ0n) is 13.7. The third-order valence-corrected chi connectivity index (χ3v) is 5.59. The Morgan fingerprint density at radius 3 is 2.62 bits per heavy atom. The number of hydrogen-bond acceptors (Lipinski definition) is 6. The standard InChI is InChI=1S/C15H19N5O3S/c1-19-12-10(14(22)20(2)15(19)23)13(24-7-9(16)21)18-11(17-12)8-5-3-4-6-8/h8,10H,3-7H2,1-2H3,(H-,16,21)/p+1. The minimum absolute atomic E-state index is 0.0369. The Bertz CT molecular complexity index is 706. The van der Waals surface area contributed by atoms with E-state index in [1.165, 1.54) is 11.6 Å². The monoisotopic (exact) mass is 350 g/mol. The largest absolute Gasteiger partial charge is 0.445 e. The van der Waals surface area contributed by atoms with Crippen molar-refractivity contribution in [3.05, 3.63) is 0 Å². The maximum absolute atomic E-state index is 12.6. The third kappa shape index (κ3) is 2.88. The Kier molecular flexibility index (Phi) is 4.53. The van der Waals surface area contributed by atoms with Crippen LogP contribution < -0.4 is 5.73 Å². The van der Waals surface area contributed by atoms with E-state index in [1.54, 1.807) is 7.05 Å². The molecule has 0 radical (unpaired) electrons. The molecule has 0 saturated heterocycles. The number of nitrogens with zero attached hydrogens (tertiary/aromatic N) is 4. The minimum Gasteiger partial charge on any atom is -0.369 e. The number of urea groups is 1. The molecule has 8 nitrogen and oxygen atoms in total. The van der Waals surface area contributed by atoms with E-state index in [0.717, 1.165) is 42.3 Å². The molecule has 1 saturated carbocycles. The molecule has 0 bridgehead atoms. The van der Waals surface area contributed by atoms with Gasteiger partial charge in [-0.1, -0.05) is 29.6 Å². The predicted octanol–water partition coefficient (Wildman–Crippen LogP) is 0.455. The second-order valence-corrected chi connectivity index (χ2v) is 7.18. The molecular formula is C15H20N5O3S+. The van der Waals surface area contributed by atoms with Crippen molar-refractivity contribution in [3.63, 3.8) is 0 Å². The molecule has 1 fully saturated rings. The highest BCUT2D eigenvalue weighted by Crippen LogP contribution is 2.31. The highest BCUT2D eigenvalue weighted by atomic mass is 32.2. The number of fused-ring (bicyclic) bond motifs is 1. The molecule has 2 aliphatic heterocycles. The summed E-state index contributed by atoms with van der Waals surface area (Å²) in [6, 6.07) is -0.415. The van der Waals surface area contributed by atoms with Crippen molar-refractivity contribution >= 4 is 46.3 Å². The SMILES string of the molecule is CN1C(=O)C2C(SCC(N)=O)=NC(C3CCCC3)=NC2=[N+](C)C1=O. The summed E-state index contributed by atoms with van der Waals surface area (Å²) in [5, 5.41) is 0.497. The Hall–Kier alpha value is -2.03. The zero-order chi connectivity index (χ0) is 17.4. The molecule has 3 rings (SSSR count). The normalized spacial score (nSPS) is 24.9. The van der Waals surface area contributed by atoms with Crippen molar-refractivity contribution in [2.24, 2.45) is 27.6 Å². The van der Waals surface area contributed by atoms with Gasteiger partial charge in [0.1, 0.15) is 5.04 Å². The zero-order valence-corrected chi connectivity index (χ0v) is 14.5. The second-order valence-electron chi connectivity index (χ2n) is 6.19. The Balaban J connectivity index is 2.04. The first-order valence-corrected chi connectivity index (χ1v) is 8.89. The summed E-state index contributed by atoms with van der Waals surface area (Å²) in [5.74, 6) is -0.272. The number of rotatable bonds is 3. The van der Waals surface area contributed by atoms with Crippen LogP contribution in [0, 0.1) is 11.8 Å². The van der Waals surface area contributed by atoms with Crippen molar-refractivity contribution < 1.29 is 19.0 Å². The van der Waals surface area contributed by atoms with Crippen molar-refractivity contribution in [3.8, 4) is 0 Å². The number of amides is 4. The van der Waals surface area contributed by atoms with E-state index in [-0.39, 0.29) is 17.6 Å². The lowest BCUT2D eigenvalue weighted by molar-refractivity contribution is -0.407. The van der Waals surface area contributed by atoms with Crippen LogP contribution in [-0.4, -0.2) is 63.9 Å². The van der Waals surface area contributed by atoms with Gasteiger partial charge in [-0.25, -0.2) is 9.79 Å².